The third kappa shape index (κ3) is 3.34. The van der Waals surface area contributed by atoms with E-state index < -0.39 is 5.97 Å². The number of carbonyl (C=O) groups excluding carboxylic acids is 1. The molecule has 0 aromatic heterocycles. The van der Waals surface area contributed by atoms with Crippen molar-refractivity contribution < 1.29 is 9.53 Å². The molecule has 0 unspecified atom stereocenters. The monoisotopic (exact) mass is 86.0 g/mol. The van der Waals surface area contributed by atoms with Gasteiger partial charge < -0.3 is 11.7 Å². The summed E-state index contributed by atoms with van der Waals surface area (Å²) in [6.07, 6.45) is 0. The highest BCUT2D eigenvalue weighted by atomic mass is 16.5. The van der Waals surface area contributed by atoms with Gasteiger partial charge >= 0.3 is 0 Å². The number of carbonyl (C=O) groups is 1. The van der Waals surface area contributed by atoms with Crippen LogP contribution in [0.4, 0.5) is 0 Å². The summed E-state index contributed by atoms with van der Waals surface area (Å²) in [7, 11) is 0. The maximum Gasteiger partial charge on any atom is 0.141 e. The fourth-order valence-electron chi connectivity index (χ4n) is 0.142. The Labute approximate surface area is 37.1 Å². The molecule has 0 atom stereocenters. The normalized spacial score (nSPS) is 7.50. The van der Waals surface area contributed by atoms with E-state index in [4.69, 9.17) is 0 Å². The number of rotatable bonds is 1. The maximum atomic E-state index is 9.60. The molecule has 0 rings (SSSR count). The molecule has 0 amide bonds. The van der Waals surface area contributed by atoms with Crippen LogP contribution in [0.3, 0.4) is 0 Å². The van der Waals surface area contributed by atoms with Gasteiger partial charge in [0, 0.05) is 0 Å². The van der Waals surface area contributed by atoms with Crippen molar-refractivity contribution in [3.8, 4) is 0 Å². The largest absolute Gasteiger partial charge is 0.491 e. The Morgan fingerprint density at radius 2 is 2.50 bits per heavy atom. The van der Waals surface area contributed by atoms with Crippen LogP contribution >= 0.6 is 0 Å². The highest BCUT2D eigenvalue weighted by Crippen LogP contribution is 1.68. The Bertz CT molecular complexity index is 49.5. The molecular weight excluding hydrogens is 80.0 g/mol. The van der Waals surface area contributed by atoms with E-state index in [9.17, 15) is 4.79 Å². The Morgan fingerprint density at radius 3 is 2.50 bits per heavy atom. The van der Waals surface area contributed by atoms with Gasteiger partial charge in [-0.1, -0.05) is 0 Å². The van der Waals surface area contributed by atoms with Crippen LogP contribution in [0.15, 0.2) is 0 Å². The molecule has 2 heteroatoms. The first-order chi connectivity index (χ1) is 2.77. The Kier molecular flexibility index (Phi) is 2.29. The lowest BCUT2D eigenvalue weighted by molar-refractivity contribution is -0.137. The van der Waals surface area contributed by atoms with E-state index in [1.54, 1.807) is 6.92 Å². The minimum absolute atomic E-state index is 0.356. The summed E-state index contributed by atoms with van der Waals surface area (Å²) in [6.45, 7) is 6.60. The van der Waals surface area contributed by atoms with Crippen molar-refractivity contribution >= 4 is 5.97 Å². The van der Waals surface area contributed by atoms with Gasteiger partial charge in [0.15, 0.2) is 0 Å². The van der Waals surface area contributed by atoms with Crippen molar-refractivity contribution in [3.63, 3.8) is 0 Å². The molecule has 0 saturated carbocycles. The van der Waals surface area contributed by atoms with Gasteiger partial charge in [-0.2, -0.15) is 0 Å². The van der Waals surface area contributed by atoms with Gasteiger partial charge in [-0.3, -0.25) is 4.79 Å². The van der Waals surface area contributed by atoms with Crippen molar-refractivity contribution in [1.82, 2.24) is 0 Å². The summed E-state index contributed by atoms with van der Waals surface area (Å²) in [5.41, 5.74) is 0. The molecule has 0 aliphatic carbocycles. The lowest BCUT2D eigenvalue weighted by atomic mass is 10.8. The predicted octanol–water partition coefficient (Wildman–Crippen LogP) is 0.261. The molecule has 1 radical (unpaired) electrons. The van der Waals surface area contributed by atoms with Crippen LogP contribution in [-0.2, 0) is 9.53 Å². The fourth-order valence-corrected chi connectivity index (χ4v) is 0.142. The van der Waals surface area contributed by atoms with Crippen molar-refractivity contribution in [2.24, 2.45) is 0 Å². The van der Waals surface area contributed by atoms with Crippen molar-refractivity contribution in [3.05, 3.63) is 6.92 Å². The third-order valence-electron chi connectivity index (χ3n) is 0.287. The molecule has 0 aliphatic heterocycles. The van der Waals surface area contributed by atoms with Crippen LogP contribution in [0.1, 0.15) is 6.92 Å². The molecule has 0 spiro atoms. The van der Waals surface area contributed by atoms with Gasteiger partial charge in [0.05, 0.1) is 6.61 Å². The Balaban J connectivity index is 2.83. The molecule has 6 heavy (non-hydrogen) atoms. The van der Waals surface area contributed by atoms with Crippen molar-refractivity contribution in [2.75, 3.05) is 6.61 Å². The van der Waals surface area contributed by atoms with Crippen LogP contribution in [-0.4, -0.2) is 12.6 Å². The molecule has 0 aromatic carbocycles. The first-order valence-electron chi connectivity index (χ1n) is 1.69. The minimum atomic E-state index is -0.711. The van der Waals surface area contributed by atoms with Gasteiger partial charge in [0.25, 0.3) is 0 Å². The molecule has 0 N–H and O–H groups in total. The van der Waals surface area contributed by atoms with Crippen LogP contribution < -0.4 is 0 Å². The Morgan fingerprint density at radius 1 is 2.00 bits per heavy atom. The smallest absolute Gasteiger partial charge is 0.141 e. The van der Waals surface area contributed by atoms with E-state index in [1.807, 2.05) is 0 Å². The van der Waals surface area contributed by atoms with E-state index in [0.29, 0.717) is 6.61 Å². The zero-order valence-electron chi connectivity index (χ0n) is 3.60. The zero-order chi connectivity index (χ0) is 4.99. The molecule has 0 aliphatic rings. The van der Waals surface area contributed by atoms with Gasteiger partial charge in [0.1, 0.15) is 5.97 Å². The summed E-state index contributed by atoms with van der Waals surface area (Å²) in [6, 6.07) is 0. The first-order valence-corrected chi connectivity index (χ1v) is 1.69. The summed E-state index contributed by atoms with van der Waals surface area (Å²) in [5, 5.41) is 0. The van der Waals surface area contributed by atoms with E-state index >= 15 is 0 Å². The van der Waals surface area contributed by atoms with Crippen LogP contribution in [0, 0.1) is 6.92 Å². The van der Waals surface area contributed by atoms with E-state index in [1.165, 1.54) is 0 Å². The molecule has 0 heterocycles. The Hall–Kier alpha value is -0.660. The lowest BCUT2D eigenvalue weighted by Crippen LogP contribution is -1.95. The summed E-state index contributed by atoms with van der Waals surface area (Å²) >= 11 is 0. The van der Waals surface area contributed by atoms with Gasteiger partial charge in [0.2, 0.25) is 0 Å². The second-order valence-electron chi connectivity index (χ2n) is 0.752. The van der Waals surface area contributed by atoms with E-state index in [0.717, 1.165) is 0 Å². The predicted molar refractivity (Wildman–Crippen MR) is 20.9 cm³/mol. The maximum absolute atomic E-state index is 9.60. The molecule has 0 saturated heterocycles. The molecule has 2 nitrogen and oxygen atoms in total. The summed E-state index contributed by atoms with van der Waals surface area (Å²) in [4.78, 5) is 9.60. The zero-order valence-corrected chi connectivity index (χ0v) is 3.60. The van der Waals surface area contributed by atoms with E-state index in [-0.39, 0.29) is 0 Å². The lowest BCUT2D eigenvalue weighted by Gasteiger charge is -1.98. The van der Waals surface area contributed by atoms with Crippen LogP contribution in [0.25, 0.3) is 0 Å². The molecular formula is C4H6O2-. The summed E-state index contributed by atoms with van der Waals surface area (Å²) < 4.78 is 4.18. The molecule has 0 fully saturated rings. The van der Waals surface area contributed by atoms with Crippen molar-refractivity contribution in [2.45, 2.75) is 6.92 Å². The number of hydrogen-bond acceptors (Lipinski definition) is 2. The number of ether oxygens (including phenoxy) is 1. The second kappa shape index (κ2) is 2.57. The van der Waals surface area contributed by atoms with Gasteiger partial charge in [-0.15, -0.1) is 0 Å². The quantitative estimate of drug-likeness (QED) is 0.338. The minimum Gasteiger partial charge on any atom is -0.491 e. The topological polar surface area (TPSA) is 26.3 Å². The molecule has 0 aromatic rings. The molecule has 35 valence electrons. The van der Waals surface area contributed by atoms with E-state index in [2.05, 4.69) is 11.7 Å². The fraction of sp³-hybridized carbons (Fsp3) is 0.500. The van der Waals surface area contributed by atoms with Gasteiger partial charge in [-0.05, 0) is 6.92 Å². The van der Waals surface area contributed by atoms with Crippen LogP contribution in [0.5, 0.6) is 0 Å². The third-order valence-corrected chi connectivity index (χ3v) is 0.287. The molecule has 0 bridgehead atoms. The highest BCUT2D eigenvalue weighted by molar-refractivity contribution is 5.73. The van der Waals surface area contributed by atoms with Gasteiger partial charge in [-0.25, -0.2) is 0 Å². The SMILES string of the molecule is [CH-]C(=O)OCC. The van der Waals surface area contributed by atoms with Crippen molar-refractivity contribution in [1.29, 1.82) is 0 Å². The summed E-state index contributed by atoms with van der Waals surface area (Å²) in [5.74, 6) is -0.711. The average molecular weight is 86.1 g/mol. The second-order valence-corrected chi connectivity index (χ2v) is 0.752. The highest BCUT2D eigenvalue weighted by Gasteiger charge is 1.69. The number of esters is 1. The average Bonchev–Trinajstić information content (AvgIpc) is 1.35. The first kappa shape index (κ1) is 5.34. The van der Waals surface area contributed by atoms with Crippen LogP contribution in [0.2, 0.25) is 0 Å². The standard InChI is InChI=1S/C4H6O2/c1-3-6-4(2)5/h2H,3H2,1H3/q-1. The number of hydrogen-bond donors (Lipinski definition) is 0.